The molecule has 4 heteroatoms. The van der Waals surface area contributed by atoms with Crippen molar-refractivity contribution in [3.8, 4) is 6.07 Å². The maximum absolute atomic E-state index is 12.4. The molecule has 1 N–H and O–H groups in total. The maximum Gasteiger partial charge on any atom is 0.251 e. The Bertz CT molecular complexity index is 736. The maximum atomic E-state index is 12.4. The molecule has 0 saturated carbocycles. The Kier molecular flexibility index (Phi) is 5.25. The molecule has 1 aliphatic heterocycles. The summed E-state index contributed by atoms with van der Waals surface area (Å²) in [7, 11) is 0. The van der Waals surface area contributed by atoms with Gasteiger partial charge in [-0.15, -0.1) is 0 Å². The van der Waals surface area contributed by atoms with E-state index in [1.165, 1.54) is 5.56 Å². The molecule has 1 amide bonds. The third-order valence-corrected chi connectivity index (χ3v) is 4.34. The zero-order valence-electron chi connectivity index (χ0n) is 13.6. The van der Waals surface area contributed by atoms with Gasteiger partial charge in [0.15, 0.2) is 0 Å². The quantitative estimate of drug-likeness (QED) is 0.942. The summed E-state index contributed by atoms with van der Waals surface area (Å²) in [5.41, 5.74) is 2.36. The number of carbonyl (C=O) groups is 1. The van der Waals surface area contributed by atoms with Crippen molar-refractivity contribution in [2.24, 2.45) is 0 Å². The van der Waals surface area contributed by atoms with Crippen LogP contribution < -0.4 is 5.32 Å². The first-order valence-corrected chi connectivity index (χ1v) is 8.32. The molecule has 1 heterocycles. The zero-order valence-corrected chi connectivity index (χ0v) is 13.6. The molecule has 0 radical (unpaired) electrons. The van der Waals surface area contributed by atoms with Crippen molar-refractivity contribution in [3.63, 3.8) is 0 Å². The number of nitrogens with zero attached hydrogens (tertiary/aromatic N) is 2. The van der Waals surface area contributed by atoms with Crippen LogP contribution in [0.5, 0.6) is 0 Å². The number of likely N-dealkylation sites (tertiary alicyclic amines) is 1. The van der Waals surface area contributed by atoms with Crippen LogP contribution in [0.2, 0.25) is 0 Å². The summed E-state index contributed by atoms with van der Waals surface area (Å²) in [5.74, 6) is -0.0985. The Labute approximate surface area is 142 Å². The van der Waals surface area contributed by atoms with E-state index in [9.17, 15) is 4.79 Å². The largest absolute Gasteiger partial charge is 0.348 e. The molecule has 1 atom stereocenters. The van der Waals surface area contributed by atoms with Crippen LogP contribution in [0.1, 0.15) is 34.3 Å². The van der Waals surface area contributed by atoms with Gasteiger partial charge in [-0.3, -0.25) is 9.69 Å². The molecule has 1 unspecified atom stereocenters. The molecule has 1 saturated heterocycles. The van der Waals surface area contributed by atoms with Gasteiger partial charge in [-0.05, 0) is 43.1 Å². The zero-order chi connectivity index (χ0) is 16.8. The summed E-state index contributed by atoms with van der Waals surface area (Å²) in [6.07, 6.45) is 2.07. The number of hydrogen-bond acceptors (Lipinski definition) is 3. The number of rotatable bonds is 4. The van der Waals surface area contributed by atoms with Gasteiger partial charge in [0.05, 0.1) is 11.6 Å². The summed E-state index contributed by atoms with van der Waals surface area (Å²) in [4.78, 5) is 14.8. The number of piperidine rings is 1. The van der Waals surface area contributed by atoms with Crippen LogP contribution in [-0.2, 0) is 6.54 Å². The molecule has 4 nitrogen and oxygen atoms in total. The van der Waals surface area contributed by atoms with Gasteiger partial charge >= 0.3 is 0 Å². The minimum absolute atomic E-state index is 0.0985. The van der Waals surface area contributed by atoms with E-state index in [2.05, 4.69) is 40.6 Å². The lowest BCUT2D eigenvalue weighted by atomic mass is 10.0. The average Bonchev–Trinajstić information content (AvgIpc) is 2.63. The lowest BCUT2D eigenvalue weighted by Gasteiger charge is -2.33. The summed E-state index contributed by atoms with van der Waals surface area (Å²) in [6, 6.07) is 19.5. The van der Waals surface area contributed by atoms with Gasteiger partial charge in [0.25, 0.3) is 5.91 Å². The van der Waals surface area contributed by atoms with Gasteiger partial charge < -0.3 is 5.32 Å². The highest BCUT2D eigenvalue weighted by molar-refractivity contribution is 5.94. The Morgan fingerprint density at radius 2 is 2.04 bits per heavy atom. The fourth-order valence-electron chi connectivity index (χ4n) is 3.16. The molecule has 1 aliphatic rings. The van der Waals surface area contributed by atoms with Gasteiger partial charge in [-0.25, -0.2) is 0 Å². The second kappa shape index (κ2) is 7.76. The Morgan fingerprint density at radius 1 is 1.21 bits per heavy atom. The second-order valence-electron chi connectivity index (χ2n) is 6.23. The molecule has 0 aliphatic carbocycles. The summed E-state index contributed by atoms with van der Waals surface area (Å²) < 4.78 is 0. The van der Waals surface area contributed by atoms with E-state index in [1.807, 2.05) is 6.07 Å². The van der Waals surface area contributed by atoms with Crippen LogP contribution >= 0.6 is 0 Å². The molecule has 0 bridgehead atoms. The van der Waals surface area contributed by atoms with Crippen molar-refractivity contribution in [3.05, 3.63) is 71.3 Å². The molecule has 2 aromatic carbocycles. The van der Waals surface area contributed by atoms with Crippen molar-refractivity contribution < 1.29 is 4.79 Å². The van der Waals surface area contributed by atoms with Crippen LogP contribution in [0.25, 0.3) is 0 Å². The predicted molar refractivity (Wildman–Crippen MR) is 93.4 cm³/mol. The summed E-state index contributed by atoms with van der Waals surface area (Å²) in [5, 5.41) is 12.1. The molecular formula is C20H21N3O. The normalized spacial score (nSPS) is 17.9. The Balaban J connectivity index is 1.58. The molecule has 3 rings (SSSR count). The second-order valence-corrected chi connectivity index (χ2v) is 6.23. The summed E-state index contributed by atoms with van der Waals surface area (Å²) >= 11 is 0. The summed E-state index contributed by atoms with van der Waals surface area (Å²) in [6.45, 7) is 2.83. The van der Waals surface area contributed by atoms with E-state index in [1.54, 1.807) is 24.3 Å². The third-order valence-electron chi connectivity index (χ3n) is 4.34. The number of hydrogen-bond donors (Lipinski definition) is 1. The fourth-order valence-corrected chi connectivity index (χ4v) is 3.16. The molecular weight excluding hydrogens is 298 g/mol. The molecule has 0 spiro atoms. The lowest BCUT2D eigenvalue weighted by molar-refractivity contribution is 0.0901. The van der Waals surface area contributed by atoms with Gasteiger partial charge in [-0.1, -0.05) is 36.4 Å². The lowest BCUT2D eigenvalue weighted by Crippen LogP contribution is -2.47. The first-order chi connectivity index (χ1) is 11.7. The van der Waals surface area contributed by atoms with Crippen molar-refractivity contribution in [2.45, 2.75) is 25.4 Å². The minimum Gasteiger partial charge on any atom is -0.348 e. The van der Waals surface area contributed by atoms with Gasteiger partial charge in [-0.2, -0.15) is 5.26 Å². The fraction of sp³-hybridized carbons (Fsp3) is 0.300. The van der Waals surface area contributed by atoms with E-state index in [4.69, 9.17) is 5.26 Å². The molecule has 122 valence electrons. The van der Waals surface area contributed by atoms with Crippen LogP contribution in [0.3, 0.4) is 0 Å². The molecule has 0 aromatic heterocycles. The van der Waals surface area contributed by atoms with Crippen LogP contribution in [0, 0.1) is 11.3 Å². The van der Waals surface area contributed by atoms with E-state index in [0.717, 1.165) is 32.5 Å². The van der Waals surface area contributed by atoms with Crippen molar-refractivity contribution in [1.82, 2.24) is 10.2 Å². The number of benzene rings is 2. The van der Waals surface area contributed by atoms with Crippen molar-refractivity contribution in [1.29, 1.82) is 5.26 Å². The monoisotopic (exact) mass is 319 g/mol. The van der Waals surface area contributed by atoms with E-state index < -0.39 is 0 Å². The average molecular weight is 319 g/mol. The molecule has 2 aromatic rings. The SMILES string of the molecule is N#Cc1cccc(C(=O)NC2CCCN(Cc3ccccc3)C2)c1. The number of carbonyl (C=O) groups excluding carboxylic acids is 1. The number of nitrogens with one attached hydrogen (secondary N) is 1. The van der Waals surface area contributed by atoms with Crippen molar-refractivity contribution >= 4 is 5.91 Å². The van der Waals surface area contributed by atoms with Crippen molar-refractivity contribution in [2.75, 3.05) is 13.1 Å². The van der Waals surface area contributed by atoms with E-state index >= 15 is 0 Å². The number of nitriles is 1. The highest BCUT2D eigenvalue weighted by atomic mass is 16.1. The van der Waals surface area contributed by atoms with E-state index in [-0.39, 0.29) is 11.9 Å². The molecule has 24 heavy (non-hydrogen) atoms. The van der Waals surface area contributed by atoms with E-state index in [0.29, 0.717) is 11.1 Å². The Morgan fingerprint density at radius 3 is 2.83 bits per heavy atom. The van der Waals surface area contributed by atoms with Gasteiger partial charge in [0, 0.05) is 24.7 Å². The predicted octanol–water partition coefficient (Wildman–Crippen LogP) is 2.95. The van der Waals surface area contributed by atoms with Gasteiger partial charge in [0.1, 0.15) is 0 Å². The first-order valence-electron chi connectivity index (χ1n) is 8.32. The van der Waals surface area contributed by atoms with Gasteiger partial charge in [0.2, 0.25) is 0 Å². The highest BCUT2D eigenvalue weighted by Crippen LogP contribution is 2.14. The standard InChI is InChI=1S/C20H21N3O/c21-13-17-8-4-9-18(12-17)20(24)22-19-10-5-11-23(15-19)14-16-6-2-1-3-7-16/h1-4,6-9,12,19H,5,10-11,14-15H2,(H,22,24). The third kappa shape index (κ3) is 4.21. The van der Waals surface area contributed by atoms with Crippen LogP contribution in [0.15, 0.2) is 54.6 Å². The smallest absolute Gasteiger partial charge is 0.251 e. The van der Waals surface area contributed by atoms with Crippen LogP contribution in [-0.4, -0.2) is 29.9 Å². The highest BCUT2D eigenvalue weighted by Gasteiger charge is 2.22. The molecule has 1 fully saturated rings. The Hall–Kier alpha value is -2.64. The first kappa shape index (κ1) is 16.2. The topological polar surface area (TPSA) is 56.1 Å². The minimum atomic E-state index is -0.0985. The van der Waals surface area contributed by atoms with Crippen LogP contribution in [0.4, 0.5) is 0 Å². The number of amides is 1.